The van der Waals surface area contributed by atoms with Gasteiger partial charge in [0.25, 0.3) is 5.52 Å². The first-order valence-electron chi connectivity index (χ1n) is 10.2. The lowest BCUT2D eigenvalue weighted by Gasteiger charge is -2.46. The van der Waals surface area contributed by atoms with Crippen LogP contribution in [0.2, 0.25) is 0 Å². The van der Waals surface area contributed by atoms with Gasteiger partial charge >= 0.3 is 0 Å². The van der Waals surface area contributed by atoms with Crippen molar-refractivity contribution in [2.75, 3.05) is 0 Å². The quantitative estimate of drug-likeness (QED) is 0.536. The highest BCUT2D eigenvalue weighted by molar-refractivity contribution is 7.92. The topological polar surface area (TPSA) is 17.1 Å². The molecule has 3 aliphatic carbocycles. The summed E-state index contributed by atoms with van der Waals surface area (Å²) < 4.78 is 0. The van der Waals surface area contributed by atoms with Gasteiger partial charge in [-0.1, -0.05) is 19.3 Å². The van der Waals surface area contributed by atoms with E-state index in [1.165, 1.54) is 96.3 Å². The van der Waals surface area contributed by atoms with Crippen LogP contribution < -0.4 is 0 Å². The monoisotopic (exact) mass is 323 g/mol. The largest absolute Gasteiger partial charge is 0.265 e. The summed E-state index contributed by atoms with van der Waals surface area (Å²) in [6.45, 7) is 2.02. The van der Waals surface area contributed by atoms with Crippen LogP contribution in [0.1, 0.15) is 103 Å². The minimum atomic E-state index is -1.43. The van der Waals surface area contributed by atoms with Crippen LogP contribution in [0.5, 0.6) is 0 Å². The molecular weight excluding hydrogens is 287 g/mol. The molecule has 0 aromatic heterocycles. The Morgan fingerprint density at radius 3 is 1.09 bits per heavy atom. The maximum absolute atomic E-state index is 13.2. The molecule has 0 saturated heterocycles. The molecule has 0 radical (unpaired) electrons. The van der Waals surface area contributed by atoms with Gasteiger partial charge in [-0.25, -0.2) is 0 Å². The summed E-state index contributed by atoms with van der Waals surface area (Å²) in [7, 11) is -1.43. The van der Waals surface area contributed by atoms with Gasteiger partial charge in [0, 0.05) is 6.92 Å². The molecule has 3 rings (SSSR count). The molecular formula is C20H36OP+. The maximum Gasteiger partial charge on any atom is 0.265 e. The Balaban J connectivity index is 1.94. The highest BCUT2D eigenvalue weighted by Crippen LogP contribution is 2.77. The number of hydrogen-bond acceptors (Lipinski definition) is 1. The molecule has 3 aliphatic rings. The lowest BCUT2D eigenvalue weighted by Crippen LogP contribution is -2.39. The highest BCUT2D eigenvalue weighted by atomic mass is 31.2. The van der Waals surface area contributed by atoms with Crippen molar-refractivity contribution in [2.24, 2.45) is 0 Å². The zero-order chi connectivity index (χ0) is 15.4. The molecule has 0 aliphatic heterocycles. The summed E-state index contributed by atoms with van der Waals surface area (Å²) >= 11 is 0. The lowest BCUT2D eigenvalue weighted by atomic mass is 9.99. The molecule has 0 spiro atoms. The van der Waals surface area contributed by atoms with Crippen LogP contribution in [0.3, 0.4) is 0 Å². The van der Waals surface area contributed by atoms with Crippen molar-refractivity contribution in [1.82, 2.24) is 0 Å². The number of hydrogen-bond donors (Lipinski definition) is 0. The summed E-state index contributed by atoms with van der Waals surface area (Å²) in [4.78, 5) is 13.2. The standard InChI is InChI=1S/C20H36OP/c1-17(21)22(18-11-5-2-6-12-18,19-13-7-3-8-14-19)20-15-9-4-10-16-20/h18-20H,2-16H2,1H3/q+1. The third-order valence-corrected chi connectivity index (χ3v) is 13.3. The second kappa shape index (κ2) is 7.78. The van der Waals surface area contributed by atoms with E-state index < -0.39 is 7.26 Å². The van der Waals surface area contributed by atoms with Crippen molar-refractivity contribution in [2.45, 2.75) is 120 Å². The molecule has 0 atom stereocenters. The molecule has 22 heavy (non-hydrogen) atoms. The van der Waals surface area contributed by atoms with Gasteiger partial charge in [0.2, 0.25) is 0 Å². The Morgan fingerprint density at radius 1 is 0.591 bits per heavy atom. The zero-order valence-electron chi connectivity index (χ0n) is 14.7. The molecule has 0 bridgehead atoms. The SMILES string of the molecule is CC(=O)[P+](C1CCCCC1)(C1CCCCC1)C1CCCCC1. The molecule has 0 aromatic carbocycles. The Morgan fingerprint density at radius 2 is 0.864 bits per heavy atom. The van der Waals surface area contributed by atoms with Gasteiger partial charge in [-0.2, -0.15) is 0 Å². The van der Waals surface area contributed by atoms with Crippen LogP contribution in [0.15, 0.2) is 0 Å². The summed E-state index contributed by atoms with van der Waals surface area (Å²) in [5.74, 6) is 0. The fourth-order valence-electron chi connectivity index (χ4n) is 6.19. The minimum absolute atomic E-state index is 0.693. The van der Waals surface area contributed by atoms with Crippen molar-refractivity contribution in [3.8, 4) is 0 Å². The Labute approximate surface area is 138 Å². The normalized spacial score (nSPS) is 27.0. The van der Waals surface area contributed by atoms with Crippen molar-refractivity contribution in [3.63, 3.8) is 0 Å². The smallest absolute Gasteiger partial charge is 0.254 e. The van der Waals surface area contributed by atoms with E-state index in [9.17, 15) is 4.79 Å². The van der Waals surface area contributed by atoms with Crippen LogP contribution in [0.4, 0.5) is 0 Å². The van der Waals surface area contributed by atoms with E-state index in [1.54, 1.807) is 0 Å². The van der Waals surface area contributed by atoms with Gasteiger partial charge in [-0.15, -0.1) is 0 Å². The van der Waals surface area contributed by atoms with E-state index in [4.69, 9.17) is 0 Å². The predicted octanol–water partition coefficient (Wildman–Crippen LogP) is 6.55. The molecule has 3 fully saturated rings. The molecule has 3 saturated carbocycles. The number of carbonyl (C=O) groups excluding carboxylic acids is 1. The average molecular weight is 323 g/mol. The Kier molecular flexibility index (Phi) is 5.99. The fourth-order valence-corrected chi connectivity index (χ4v) is 13.2. The summed E-state index contributed by atoms with van der Waals surface area (Å²) in [6, 6.07) is 0. The second-order valence-corrected chi connectivity index (χ2v) is 12.7. The Bertz CT molecular complexity index is 314. The highest BCUT2D eigenvalue weighted by Gasteiger charge is 2.60. The van der Waals surface area contributed by atoms with E-state index in [0.717, 1.165) is 17.0 Å². The van der Waals surface area contributed by atoms with E-state index in [1.807, 2.05) is 6.92 Å². The molecule has 0 unspecified atom stereocenters. The Hall–Kier alpha value is 0.100. The molecule has 0 aromatic rings. The van der Waals surface area contributed by atoms with Crippen LogP contribution >= 0.6 is 7.26 Å². The van der Waals surface area contributed by atoms with Gasteiger partial charge in [-0.05, 0) is 77.0 Å². The first kappa shape index (κ1) is 16.9. The third kappa shape index (κ3) is 3.17. The molecule has 0 N–H and O–H groups in total. The van der Waals surface area contributed by atoms with E-state index >= 15 is 0 Å². The second-order valence-electron chi connectivity index (χ2n) is 8.23. The molecule has 0 amide bonds. The maximum atomic E-state index is 13.2. The summed E-state index contributed by atoms with van der Waals surface area (Å²) in [6.07, 6.45) is 21.0. The van der Waals surface area contributed by atoms with Crippen LogP contribution in [0, 0.1) is 0 Å². The van der Waals surface area contributed by atoms with Crippen molar-refractivity contribution < 1.29 is 4.79 Å². The summed E-state index contributed by atoms with van der Waals surface area (Å²) in [5.41, 5.74) is 3.16. The lowest BCUT2D eigenvalue weighted by molar-refractivity contribution is -0.110. The van der Waals surface area contributed by atoms with Crippen molar-refractivity contribution in [3.05, 3.63) is 0 Å². The van der Waals surface area contributed by atoms with Crippen LogP contribution in [0.25, 0.3) is 0 Å². The number of rotatable bonds is 4. The molecule has 2 heteroatoms. The van der Waals surface area contributed by atoms with E-state index in [-0.39, 0.29) is 0 Å². The summed E-state index contributed by atoms with van der Waals surface area (Å²) in [5, 5.41) is 0. The van der Waals surface area contributed by atoms with Gasteiger partial charge in [0.05, 0.1) is 24.2 Å². The van der Waals surface area contributed by atoms with E-state index in [2.05, 4.69) is 0 Å². The third-order valence-electron chi connectivity index (χ3n) is 7.08. The fraction of sp³-hybridized carbons (Fsp3) is 0.950. The first-order valence-corrected chi connectivity index (χ1v) is 12.1. The molecule has 0 heterocycles. The van der Waals surface area contributed by atoms with Crippen LogP contribution in [-0.2, 0) is 4.79 Å². The van der Waals surface area contributed by atoms with E-state index in [0.29, 0.717) is 5.52 Å². The minimum Gasteiger partial charge on any atom is -0.254 e. The van der Waals surface area contributed by atoms with Gasteiger partial charge < -0.3 is 0 Å². The van der Waals surface area contributed by atoms with Crippen molar-refractivity contribution >= 4 is 12.8 Å². The van der Waals surface area contributed by atoms with Gasteiger partial charge in [0.15, 0.2) is 0 Å². The predicted molar refractivity (Wildman–Crippen MR) is 98.2 cm³/mol. The van der Waals surface area contributed by atoms with Crippen LogP contribution in [-0.4, -0.2) is 22.5 Å². The zero-order valence-corrected chi connectivity index (χ0v) is 15.6. The average Bonchev–Trinajstić information content (AvgIpc) is 2.58. The molecule has 126 valence electrons. The molecule has 1 nitrogen and oxygen atoms in total. The first-order chi connectivity index (χ1) is 10.8. The van der Waals surface area contributed by atoms with Gasteiger partial charge in [0.1, 0.15) is 0 Å². The number of carbonyl (C=O) groups is 1. The van der Waals surface area contributed by atoms with Crippen molar-refractivity contribution in [1.29, 1.82) is 0 Å². The van der Waals surface area contributed by atoms with Gasteiger partial charge in [-0.3, -0.25) is 4.79 Å².